The Hall–Kier alpha value is -0.860. The Kier molecular flexibility index (Phi) is 4.87. The largest absolute Gasteiger partial charge is 0.315 e. The summed E-state index contributed by atoms with van der Waals surface area (Å²) in [7, 11) is 2.12. The summed E-state index contributed by atoms with van der Waals surface area (Å²) < 4.78 is 0. The Labute approximate surface area is 124 Å². The van der Waals surface area contributed by atoms with Crippen molar-refractivity contribution in [2.75, 3.05) is 20.1 Å². The van der Waals surface area contributed by atoms with Crippen molar-refractivity contribution < 1.29 is 0 Å². The van der Waals surface area contributed by atoms with Crippen LogP contribution >= 0.6 is 0 Å². The van der Waals surface area contributed by atoms with Gasteiger partial charge >= 0.3 is 0 Å². The molecule has 0 aromatic heterocycles. The van der Waals surface area contributed by atoms with Crippen molar-refractivity contribution in [3.05, 3.63) is 35.9 Å². The molecule has 2 heteroatoms. The van der Waals surface area contributed by atoms with E-state index in [1.54, 1.807) is 0 Å². The van der Waals surface area contributed by atoms with Crippen molar-refractivity contribution in [3.8, 4) is 0 Å². The molecule has 20 heavy (non-hydrogen) atoms. The zero-order chi connectivity index (χ0) is 14.8. The molecule has 3 atom stereocenters. The molecule has 0 spiro atoms. The normalized spacial score (nSPS) is 23.9. The van der Waals surface area contributed by atoms with Crippen LogP contribution in [0.5, 0.6) is 0 Å². The molecule has 1 aliphatic carbocycles. The predicted octanol–water partition coefficient (Wildman–Crippen LogP) is 3.50. The van der Waals surface area contributed by atoms with Gasteiger partial charge < -0.3 is 5.32 Å². The van der Waals surface area contributed by atoms with E-state index in [0.717, 1.165) is 24.9 Å². The summed E-state index contributed by atoms with van der Waals surface area (Å²) in [5, 5.41) is 3.61. The highest BCUT2D eigenvalue weighted by atomic mass is 15.2. The van der Waals surface area contributed by atoms with Crippen LogP contribution < -0.4 is 5.32 Å². The molecule has 112 valence electrons. The van der Waals surface area contributed by atoms with E-state index in [2.05, 4.69) is 75.3 Å². The van der Waals surface area contributed by atoms with Crippen molar-refractivity contribution in [1.82, 2.24) is 10.2 Å². The molecule has 2 nitrogen and oxygen atoms in total. The average Bonchev–Trinajstić information content (AvgIpc) is 3.21. The molecule has 1 N–H and O–H groups in total. The van der Waals surface area contributed by atoms with Gasteiger partial charge in [0.05, 0.1) is 0 Å². The molecule has 3 unspecified atom stereocenters. The number of nitrogens with zero attached hydrogens (tertiary/aromatic N) is 1. The third-order valence-electron chi connectivity index (χ3n) is 5.15. The van der Waals surface area contributed by atoms with Gasteiger partial charge in [-0.25, -0.2) is 0 Å². The van der Waals surface area contributed by atoms with Gasteiger partial charge in [0.25, 0.3) is 0 Å². The first-order valence-corrected chi connectivity index (χ1v) is 8.03. The van der Waals surface area contributed by atoms with Crippen LogP contribution in [0.4, 0.5) is 0 Å². The maximum Gasteiger partial charge on any atom is 0.0308 e. The fourth-order valence-corrected chi connectivity index (χ4v) is 3.99. The first-order valence-electron chi connectivity index (χ1n) is 8.03. The number of likely N-dealkylation sites (N-methyl/N-ethyl adjacent to an activating group) is 2. The van der Waals surface area contributed by atoms with Crippen LogP contribution in [-0.2, 0) is 0 Å². The standard InChI is InChI=1S/C18H30N2/c1-6-20(7-2)18(3,4)17(19-5)16-13-15(16)14-11-9-8-10-12-14/h8-12,15-17,19H,6-7,13H2,1-5H3. The maximum absolute atomic E-state index is 3.61. The summed E-state index contributed by atoms with van der Waals surface area (Å²) >= 11 is 0. The summed E-state index contributed by atoms with van der Waals surface area (Å²) in [4.78, 5) is 2.58. The topological polar surface area (TPSA) is 15.3 Å². The molecule has 1 aliphatic rings. The summed E-state index contributed by atoms with van der Waals surface area (Å²) in [5.74, 6) is 1.50. The molecular weight excluding hydrogens is 244 g/mol. The van der Waals surface area contributed by atoms with Crippen molar-refractivity contribution in [2.45, 2.75) is 51.6 Å². The minimum absolute atomic E-state index is 0.201. The zero-order valence-corrected chi connectivity index (χ0v) is 13.7. The van der Waals surface area contributed by atoms with Gasteiger partial charge in [0.1, 0.15) is 0 Å². The van der Waals surface area contributed by atoms with E-state index in [1.807, 2.05) is 0 Å². The quantitative estimate of drug-likeness (QED) is 0.818. The van der Waals surface area contributed by atoms with Gasteiger partial charge in [-0.15, -0.1) is 0 Å². The Bertz CT molecular complexity index is 409. The van der Waals surface area contributed by atoms with Crippen LogP contribution in [0.25, 0.3) is 0 Å². The summed E-state index contributed by atoms with van der Waals surface area (Å²) in [6.07, 6.45) is 1.32. The van der Waals surface area contributed by atoms with Crippen molar-refractivity contribution in [3.63, 3.8) is 0 Å². The van der Waals surface area contributed by atoms with Gasteiger partial charge in [0.2, 0.25) is 0 Å². The smallest absolute Gasteiger partial charge is 0.0308 e. The van der Waals surface area contributed by atoms with Gasteiger partial charge in [-0.2, -0.15) is 0 Å². The monoisotopic (exact) mass is 274 g/mol. The molecule has 0 amide bonds. The fourth-order valence-electron chi connectivity index (χ4n) is 3.99. The predicted molar refractivity (Wildman–Crippen MR) is 87.1 cm³/mol. The first-order chi connectivity index (χ1) is 9.56. The zero-order valence-electron chi connectivity index (χ0n) is 13.7. The van der Waals surface area contributed by atoms with E-state index in [9.17, 15) is 0 Å². The first kappa shape index (κ1) is 15.5. The molecule has 1 fully saturated rings. The van der Waals surface area contributed by atoms with Gasteiger partial charge in [-0.3, -0.25) is 4.90 Å². The summed E-state index contributed by atoms with van der Waals surface area (Å²) in [6.45, 7) is 11.5. The third kappa shape index (κ3) is 2.91. The molecule has 1 aromatic carbocycles. The van der Waals surface area contributed by atoms with Crippen molar-refractivity contribution in [1.29, 1.82) is 0 Å². The maximum atomic E-state index is 3.61. The minimum atomic E-state index is 0.201. The van der Waals surface area contributed by atoms with Crippen molar-refractivity contribution in [2.24, 2.45) is 5.92 Å². The van der Waals surface area contributed by atoms with E-state index >= 15 is 0 Å². The van der Waals surface area contributed by atoms with Gasteiger partial charge in [0, 0.05) is 11.6 Å². The second-order valence-electron chi connectivity index (χ2n) is 6.51. The highest BCUT2D eigenvalue weighted by molar-refractivity contribution is 5.27. The lowest BCUT2D eigenvalue weighted by molar-refractivity contribution is 0.0846. The number of hydrogen-bond donors (Lipinski definition) is 1. The number of nitrogens with one attached hydrogen (secondary N) is 1. The van der Waals surface area contributed by atoms with E-state index in [1.165, 1.54) is 12.0 Å². The molecule has 1 aromatic rings. The van der Waals surface area contributed by atoms with Crippen LogP contribution in [-0.4, -0.2) is 36.6 Å². The lowest BCUT2D eigenvalue weighted by atomic mass is 9.87. The molecule has 1 saturated carbocycles. The highest BCUT2D eigenvalue weighted by Gasteiger charge is 2.49. The Morgan fingerprint density at radius 2 is 1.80 bits per heavy atom. The second-order valence-corrected chi connectivity index (χ2v) is 6.51. The van der Waals surface area contributed by atoms with Gasteiger partial charge in [-0.05, 0) is 57.8 Å². The second kappa shape index (κ2) is 6.28. The molecule has 0 bridgehead atoms. The Morgan fingerprint density at radius 1 is 1.20 bits per heavy atom. The van der Waals surface area contributed by atoms with Gasteiger partial charge in [0.15, 0.2) is 0 Å². The number of benzene rings is 1. The summed E-state index contributed by atoms with van der Waals surface area (Å²) in [5.41, 5.74) is 1.71. The molecule has 0 radical (unpaired) electrons. The minimum Gasteiger partial charge on any atom is -0.315 e. The SMILES string of the molecule is CCN(CC)C(C)(C)C(NC)C1CC1c1ccccc1. The van der Waals surface area contributed by atoms with E-state index < -0.39 is 0 Å². The lowest BCUT2D eigenvalue weighted by Gasteiger charge is -2.44. The van der Waals surface area contributed by atoms with Crippen LogP contribution in [0.15, 0.2) is 30.3 Å². The molecule has 0 heterocycles. The van der Waals surface area contributed by atoms with Gasteiger partial charge in [-0.1, -0.05) is 44.2 Å². The van der Waals surface area contributed by atoms with E-state index in [4.69, 9.17) is 0 Å². The Balaban J connectivity index is 2.11. The molecular formula is C18H30N2. The lowest BCUT2D eigenvalue weighted by Crippen LogP contribution is -2.58. The fraction of sp³-hybridized carbons (Fsp3) is 0.667. The third-order valence-corrected chi connectivity index (χ3v) is 5.15. The summed E-state index contributed by atoms with van der Waals surface area (Å²) in [6, 6.07) is 11.5. The Morgan fingerprint density at radius 3 is 2.30 bits per heavy atom. The van der Waals surface area contributed by atoms with Crippen molar-refractivity contribution >= 4 is 0 Å². The van der Waals surface area contributed by atoms with Crippen LogP contribution in [0.2, 0.25) is 0 Å². The van der Waals surface area contributed by atoms with Crippen LogP contribution in [0.3, 0.4) is 0 Å². The molecule has 2 rings (SSSR count). The average molecular weight is 274 g/mol. The molecule has 0 saturated heterocycles. The number of hydrogen-bond acceptors (Lipinski definition) is 2. The highest BCUT2D eigenvalue weighted by Crippen LogP contribution is 2.52. The van der Waals surface area contributed by atoms with E-state index in [-0.39, 0.29) is 5.54 Å². The van der Waals surface area contributed by atoms with E-state index in [0.29, 0.717) is 6.04 Å². The number of rotatable bonds is 7. The van der Waals surface area contributed by atoms with Crippen LogP contribution in [0, 0.1) is 5.92 Å². The van der Waals surface area contributed by atoms with Crippen LogP contribution in [0.1, 0.15) is 45.6 Å². The molecule has 0 aliphatic heterocycles.